The number of pyridine rings is 1. The number of hydrogen-bond donors (Lipinski definition) is 0. The molecule has 0 aliphatic carbocycles. The summed E-state index contributed by atoms with van der Waals surface area (Å²) in [5.74, 6) is -0.461. The van der Waals surface area contributed by atoms with Crippen molar-refractivity contribution in [2.24, 2.45) is 0 Å². The molecule has 2 aromatic rings. The highest BCUT2D eigenvalue weighted by Gasteiger charge is 2.41. The van der Waals surface area contributed by atoms with Gasteiger partial charge in [0.05, 0.1) is 0 Å². The van der Waals surface area contributed by atoms with Gasteiger partial charge in [0.15, 0.2) is 14.8 Å². The lowest BCUT2D eigenvalue weighted by Gasteiger charge is -2.35. The van der Waals surface area contributed by atoms with Crippen LogP contribution in [-0.4, -0.2) is 19.8 Å². The van der Waals surface area contributed by atoms with E-state index in [2.05, 4.69) is 25.0 Å². The second-order valence-electron chi connectivity index (χ2n) is 6.17. The molecule has 0 saturated carbocycles. The van der Waals surface area contributed by atoms with E-state index in [0.29, 0.717) is 12.0 Å². The smallest absolute Gasteiger partial charge is 0.198 e. The van der Waals surface area contributed by atoms with Crippen LogP contribution in [0.15, 0.2) is 48.8 Å². The number of nitrogens with zero attached hydrogens (tertiary/aromatic N) is 1. The molecule has 1 heterocycles. The molecular formula is C19H24FNO2Si. The van der Waals surface area contributed by atoms with Gasteiger partial charge in [0.2, 0.25) is 0 Å². The molecule has 128 valence electrons. The highest BCUT2D eigenvalue weighted by Crippen LogP contribution is 2.36. The Hall–Kier alpha value is -1.85. The summed E-state index contributed by atoms with van der Waals surface area (Å²) in [6.45, 7) is 6.20. The Morgan fingerprint density at radius 1 is 1.17 bits per heavy atom. The highest BCUT2D eigenvalue weighted by molar-refractivity contribution is 6.48. The molecule has 0 bridgehead atoms. The molecule has 1 aromatic carbocycles. The van der Waals surface area contributed by atoms with Crippen LogP contribution in [0, 0.1) is 5.82 Å². The molecule has 0 aliphatic heterocycles. The maximum atomic E-state index is 13.4. The minimum Gasteiger partial charge on any atom is -0.404 e. The van der Waals surface area contributed by atoms with Crippen LogP contribution in [0.5, 0.6) is 0 Å². The fraction of sp³-hybridized carbons (Fsp3) is 0.368. The number of aromatic nitrogens is 1. The maximum Gasteiger partial charge on any atom is 0.198 e. The van der Waals surface area contributed by atoms with Gasteiger partial charge in [-0.15, -0.1) is 0 Å². The number of benzene rings is 1. The Balaban J connectivity index is 2.54. The van der Waals surface area contributed by atoms with E-state index in [-0.39, 0.29) is 11.6 Å². The van der Waals surface area contributed by atoms with Crippen molar-refractivity contribution in [3.8, 4) is 0 Å². The van der Waals surface area contributed by atoms with Gasteiger partial charge in [0.1, 0.15) is 11.4 Å². The van der Waals surface area contributed by atoms with Gasteiger partial charge in [0, 0.05) is 18.0 Å². The third-order valence-electron chi connectivity index (χ3n) is 3.94. The number of unbranched alkanes of at least 4 members (excludes halogenated alkanes) is 1. The number of Topliss-reactive ketones (excluding diaryl/α,β-unsaturated/α-hetero) is 1. The molecule has 0 aliphatic rings. The zero-order valence-corrected chi connectivity index (χ0v) is 15.6. The molecule has 0 N–H and O–H groups in total. The number of carbonyl (C=O) groups excluding carboxylic acids is 1. The summed E-state index contributed by atoms with van der Waals surface area (Å²) >= 11 is 0. The van der Waals surface area contributed by atoms with Gasteiger partial charge in [-0.05, 0) is 61.5 Å². The van der Waals surface area contributed by atoms with Gasteiger partial charge in [0.25, 0.3) is 0 Å². The molecule has 1 aromatic heterocycles. The molecule has 1 unspecified atom stereocenters. The molecule has 0 spiro atoms. The lowest BCUT2D eigenvalue weighted by atomic mass is 9.82. The molecule has 3 nitrogen and oxygen atoms in total. The maximum absolute atomic E-state index is 13.4. The van der Waals surface area contributed by atoms with Gasteiger partial charge in [-0.25, -0.2) is 4.39 Å². The largest absolute Gasteiger partial charge is 0.404 e. The first-order valence-corrected chi connectivity index (χ1v) is 11.2. The van der Waals surface area contributed by atoms with Crippen molar-refractivity contribution in [3.05, 3.63) is 65.7 Å². The van der Waals surface area contributed by atoms with Crippen molar-refractivity contribution in [1.82, 2.24) is 4.98 Å². The summed E-state index contributed by atoms with van der Waals surface area (Å²) in [4.78, 5) is 17.4. The average molecular weight is 345 g/mol. The first kappa shape index (κ1) is 18.5. The molecule has 0 fully saturated rings. The fourth-order valence-electron chi connectivity index (χ4n) is 2.85. The van der Waals surface area contributed by atoms with Crippen molar-refractivity contribution in [1.29, 1.82) is 0 Å². The molecule has 0 radical (unpaired) electrons. The van der Waals surface area contributed by atoms with E-state index in [1.807, 2.05) is 12.1 Å². The van der Waals surface area contributed by atoms with E-state index in [4.69, 9.17) is 4.43 Å². The van der Waals surface area contributed by atoms with Crippen molar-refractivity contribution >= 4 is 14.8 Å². The Kier molecular flexibility index (Phi) is 6.40. The summed E-state index contributed by atoms with van der Waals surface area (Å²) < 4.78 is 19.6. The second-order valence-corrected chi connectivity index (χ2v) is 8.50. The van der Waals surface area contributed by atoms with Crippen molar-refractivity contribution in [2.75, 3.05) is 0 Å². The van der Waals surface area contributed by atoms with Gasteiger partial charge in [-0.3, -0.25) is 9.78 Å². The summed E-state index contributed by atoms with van der Waals surface area (Å²) in [7, 11) is -1.51. The van der Waals surface area contributed by atoms with E-state index in [9.17, 15) is 9.18 Å². The molecular weight excluding hydrogens is 321 g/mol. The predicted octanol–water partition coefficient (Wildman–Crippen LogP) is 4.49. The molecule has 1 atom stereocenters. The number of rotatable bonds is 8. The first-order valence-electron chi connectivity index (χ1n) is 8.38. The zero-order valence-electron chi connectivity index (χ0n) is 14.5. The molecule has 24 heavy (non-hydrogen) atoms. The summed E-state index contributed by atoms with van der Waals surface area (Å²) in [6.07, 6.45) is 5.80. The summed E-state index contributed by atoms with van der Waals surface area (Å²) in [5, 5.41) is 0. The highest BCUT2D eigenvalue weighted by atomic mass is 28.3. The molecule has 0 amide bonds. The quantitative estimate of drug-likeness (QED) is 0.523. The lowest BCUT2D eigenvalue weighted by Crippen LogP contribution is -2.42. The standard InChI is InChI=1S/C19H24FNO2Si/c1-4-5-12-19(23-24(2)3,16-10-13-21-14-11-16)18(22)15-6-8-17(20)9-7-15/h6-11,13-14,24H,4-5,12H2,1-3H3. The van der Waals surface area contributed by atoms with Gasteiger partial charge < -0.3 is 4.43 Å². The molecule has 5 heteroatoms. The van der Waals surface area contributed by atoms with E-state index in [1.54, 1.807) is 12.4 Å². The van der Waals surface area contributed by atoms with E-state index >= 15 is 0 Å². The van der Waals surface area contributed by atoms with E-state index in [0.717, 1.165) is 18.4 Å². The van der Waals surface area contributed by atoms with Crippen molar-refractivity contribution in [3.63, 3.8) is 0 Å². The average Bonchev–Trinajstić information content (AvgIpc) is 2.59. The number of ketones is 1. The molecule has 2 rings (SSSR count). The molecule has 0 saturated heterocycles. The van der Waals surface area contributed by atoms with Crippen LogP contribution >= 0.6 is 0 Å². The van der Waals surface area contributed by atoms with Crippen LogP contribution in [0.3, 0.4) is 0 Å². The SMILES string of the molecule is CCCCC(O[SiH](C)C)(C(=O)c1ccc(F)cc1)c1ccncc1. The van der Waals surface area contributed by atoms with E-state index < -0.39 is 14.6 Å². The Bertz CT molecular complexity index is 661. The zero-order chi connectivity index (χ0) is 17.6. The Morgan fingerprint density at radius 3 is 2.33 bits per heavy atom. The van der Waals surface area contributed by atoms with E-state index in [1.165, 1.54) is 24.3 Å². The number of halogens is 1. The van der Waals surface area contributed by atoms with Gasteiger partial charge in [-0.2, -0.15) is 0 Å². The van der Waals surface area contributed by atoms with Crippen LogP contribution in [0.2, 0.25) is 13.1 Å². The predicted molar refractivity (Wildman–Crippen MR) is 96.1 cm³/mol. The van der Waals surface area contributed by atoms with Crippen LogP contribution < -0.4 is 0 Å². The fourth-order valence-corrected chi connectivity index (χ4v) is 4.02. The topological polar surface area (TPSA) is 39.2 Å². The van der Waals surface area contributed by atoms with Crippen molar-refractivity contribution in [2.45, 2.75) is 44.9 Å². The number of carbonyl (C=O) groups is 1. The summed E-state index contributed by atoms with van der Waals surface area (Å²) in [5.41, 5.74) is 0.275. The normalized spacial score (nSPS) is 13.7. The minimum absolute atomic E-state index is 0.108. The summed E-state index contributed by atoms with van der Waals surface area (Å²) in [6, 6.07) is 9.38. The number of hydrogen-bond acceptors (Lipinski definition) is 3. The Morgan fingerprint density at radius 2 is 1.79 bits per heavy atom. The third-order valence-corrected chi connectivity index (χ3v) is 4.81. The first-order chi connectivity index (χ1) is 11.5. The van der Waals surface area contributed by atoms with Crippen LogP contribution in [0.1, 0.15) is 42.1 Å². The van der Waals surface area contributed by atoms with Crippen LogP contribution in [0.4, 0.5) is 4.39 Å². The van der Waals surface area contributed by atoms with Crippen molar-refractivity contribution < 1.29 is 13.6 Å². The minimum atomic E-state index is -1.51. The van der Waals surface area contributed by atoms with Crippen LogP contribution in [-0.2, 0) is 10.0 Å². The Labute approximate surface area is 144 Å². The second kappa shape index (κ2) is 8.31. The van der Waals surface area contributed by atoms with Gasteiger partial charge in [-0.1, -0.05) is 19.8 Å². The third kappa shape index (κ3) is 4.16. The monoisotopic (exact) mass is 345 g/mol. The van der Waals surface area contributed by atoms with Crippen LogP contribution in [0.25, 0.3) is 0 Å². The lowest BCUT2D eigenvalue weighted by molar-refractivity contribution is 0.0374. The van der Waals surface area contributed by atoms with Gasteiger partial charge >= 0.3 is 0 Å².